The van der Waals surface area contributed by atoms with E-state index in [1.807, 2.05) is 13.8 Å². The Morgan fingerprint density at radius 3 is 1.71 bits per heavy atom. The maximum absolute atomic E-state index is 11.4. The first-order valence-corrected chi connectivity index (χ1v) is 10.4. The number of ether oxygens (including phenoxy) is 1. The molecule has 0 rings (SSSR count). The van der Waals surface area contributed by atoms with Crippen LogP contribution in [0.2, 0.25) is 0 Å². The molecular formula is C21H42O3. The molecule has 0 aromatic rings. The molecule has 0 heterocycles. The molecule has 1 atom stereocenters. The van der Waals surface area contributed by atoms with Crippen LogP contribution < -0.4 is 0 Å². The van der Waals surface area contributed by atoms with Gasteiger partial charge in [-0.2, -0.15) is 0 Å². The van der Waals surface area contributed by atoms with Crippen LogP contribution in [0.4, 0.5) is 0 Å². The first kappa shape index (κ1) is 23.4. The highest BCUT2D eigenvalue weighted by Crippen LogP contribution is 2.14. The van der Waals surface area contributed by atoms with E-state index < -0.39 is 0 Å². The minimum Gasteiger partial charge on any atom is -0.463 e. The van der Waals surface area contributed by atoms with Crippen LogP contribution in [0.1, 0.15) is 117 Å². The zero-order valence-corrected chi connectivity index (χ0v) is 16.5. The Hall–Kier alpha value is -0.570. The quantitative estimate of drug-likeness (QED) is 0.254. The van der Waals surface area contributed by atoms with Crippen LogP contribution >= 0.6 is 0 Å². The number of esters is 1. The predicted octanol–water partition coefficient (Wildman–Crippen LogP) is 6.17. The number of rotatable bonds is 17. The van der Waals surface area contributed by atoms with E-state index in [-0.39, 0.29) is 18.2 Å². The molecule has 144 valence electrons. The number of carbonyl (C=O) groups is 1. The second kappa shape index (κ2) is 17.3. The molecule has 0 amide bonds. The molecule has 24 heavy (non-hydrogen) atoms. The maximum atomic E-state index is 11.4. The molecule has 0 saturated carbocycles. The van der Waals surface area contributed by atoms with Gasteiger partial charge in [-0.15, -0.1) is 0 Å². The van der Waals surface area contributed by atoms with Gasteiger partial charge in [0.2, 0.25) is 0 Å². The summed E-state index contributed by atoms with van der Waals surface area (Å²) in [4.78, 5) is 11.4. The number of unbranched alkanes of at least 4 members (excludes halogenated alkanes) is 10. The Kier molecular flexibility index (Phi) is 16.8. The Bertz CT molecular complexity index is 276. The fraction of sp³-hybridized carbons (Fsp3) is 0.952. The van der Waals surface area contributed by atoms with E-state index >= 15 is 0 Å². The lowest BCUT2D eigenvalue weighted by atomic mass is 10.0. The summed E-state index contributed by atoms with van der Waals surface area (Å²) >= 11 is 0. The van der Waals surface area contributed by atoms with E-state index in [1.54, 1.807) is 0 Å². The largest absolute Gasteiger partial charge is 0.463 e. The van der Waals surface area contributed by atoms with E-state index in [2.05, 4.69) is 6.92 Å². The van der Waals surface area contributed by atoms with Crippen molar-refractivity contribution in [2.45, 2.75) is 129 Å². The number of carbonyl (C=O) groups excluding carboxylic acids is 1. The molecule has 0 saturated heterocycles. The van der Waals surface area contributed by atoms with Crippen LogP contribution in [0.5, 0.6) is 0 Å². The van der Waals surface area contributed by atoms with Gasteiger partial charge in [0.15, 0.2) is 0 Å². The molecule has 0 aromatic carbocycles. The second-order valence-electron chi connectivity index (χ2n) is 7.41. The average Bonchev–Trinajstić information content (AvgIpc) is 2.51. The Labute approximate surface area is 150 Å². The lowest BCUT2D eigenvalue weighted by Gasteiger charge is -2.08. The van der Waals surface area contributed by atoms with Crippen LogP contribution in [-0.4, -0.2) is 23.3 Å². The minimum absolute atomic E-state index is 0.0129. The topological polar surface area (TPSA) is 46.5 Å². The zero-order valence-electron chi connectivity index (χ0n) is 16.5. The van der Waals surface area contributed by atoms with Gasteiger partial charge in [-0.25, -0.2) is 0 Å². The third kappa shape index (κ3) is 17.8. The van der Waals surface area contributed by atoms with Gasteiger partial charge < -0.3 is 9.84 Å². The van der Waals surface area contributed by atoms with Crippen LogP contribution in [0.15, 0.2) is 0 Å². The molecule has 1 N–H and O–H groups in total. The summed E-state index contributed by atoms with van der Waals surface area (Å²) in [5.74, 6) is -0.0489. The fourth-order valence-electron chi connectivity index (χ4n) is 3.04. The number of aliphatic hydroxyl groups is 1. The molecule has 0 aliphatic rings. The lowest BCUT2D eigenvalue weighted by molar-refractivity contribution is -0.147. The monoisotopic (exact) mass is 342 g/mol. The molecule has 0 spiro atoms. The molecule has 0 radical (unpaired) electrons. The summed E-state index contributed by atoms with van der Waals surface area (Å²) < 4.78 is 5.12. The van der Waals surface area contributed by atoms with E-state index in [4.69, 9.17) is 4.74 Å². The lowest BCUT2D eigenvalue weighted by Crippen LogP contribution is -2.10. The molecule has 0 fully saturated rings. The van der Waals surface area contributed by atoms with Gasteiger partial charge in [0.05, 0.1) is 12.2 Å². The second-order valence-corrected chi connectivity index (χ2v) is 7.41. The highest BCUT2D eigenvalue weighted by Gasteiger charge is 2.04. The average molecular weight is 343 g/mol. The first-order chi connectivity index (χ1) is 11.6. The third-order valence-electron chi connectivity index (χ3n) is 4.41. The van der Waals surface area contributed by atoms with Crippen molar-refractivity contribution in [1.82, 2.24) is 0 Å². The molecule has 1 unspecified atom stereocenters. The summed E-state index contributed by atoms with van der Waals surface area (Å²) in [6.45, 7) is 5.92. The van der Waals surface area contributed by atoms with E-state index in [9.17, 15) is 9.90 Å². The molecule has 0 aromatic heterocycles. The van der Waals surface area contributed by atoms with E-state index in [1.165, 1.54) is 57.8 Å². The molecule has 0 aliphatic heterocycles. The van der Waals surface area contributed by atoms with Gasteiger partial charge in [-0.1, -0.05) is 77.6 Å². The summed E-state index contributed by atoms with van der Waals surface area (Å²) in [6, 6.07) is 0. The van der Waals surface area contributed by atoms with Crippen molar-refractivity contribution in [3.05, 3.63) is 0 Å². The predicted molar refractivity (Wildman–Crippen MR) is 102 cm³/mol. The van der Waals surface area contributed by atoms with Gasteiger partial charge in [0, 0.05) is 6.42 Å². The Morgan fingerprint density at radius 1 is 0.792 bits per heavy atom. The van der Waals surface area contributed by atoms with Crippen molar-refractivity contribution in [3.63, 3.8) is 0 Å². The fourth-order valence-corrected chi connectivity index (χ4v) is 3.04. The number of hydrogen-bond donors (Lipinski definition) is 1. The third-order valence-corrected chi connectivity index (χ3v) is 4.41. The highest BCUT2D eigenvalue weighted by molar-refractivity contribution is 5.69. The first-order valence-electron chi connectivity index (χ1n) is 10.4. The van der Waals surface area contributed by atoms with Crippen LogP contribution in [-0.2, 0) is 9.53 Å². The summed E-state index contributed by atoms with van der Waals surface area (Å²) in [7, 11) is 0. The summed E-state index contributed by atoms with van der Waals surface area (Å²) in [5, 5.41) is 9.65. The Balaban J connectivity index is 3.14. The maximum Gasteiger partial charge on any atom is 0.306 e. The summed E-state index contributed by atoms with van der Waals surface area (Å²) in [6.07, 6.45) is 17.3. The van der Waals surface area contributed by atoms with E-state index in [0.717, 1.165) is 32.1 Å². The van der Waals surface area contributed by atoms with Crippen molar-refractivity contribution in [1.29, 1.82) is 0 Å². The van der Waals surface area contributed by atoms with Gasteiger partial charge in [0.1, 0.15) is 0 Å². The van der Waals surface area contributed by atoms with E-state index in [0.29, 0.717) is 6.42 Å². The molecule has 3 nitrogen and oxygen atoms in total. The normalized spacial score (nSPS) is 12.5. The van der Waals surface area contributed by atoms with Crippen molar-refractivity contribution < 1.29 is 14.6 Å². The zero-order chi connectivity index (χ0) is 18.0. The SMILES string of the molecule is CCCC(O)CCCCCCCCCCCCCC(=O)OC(C)C. The van der Waals surface area contributed by atoms with Gasteiger partial charge >= 0.3 is 5.97 Å². The molecule has 0 bridgehead atoms. The molecular weight excluding hydrogens is 300 g/mol. The van der Waals surface area contributed by atoms with Crippen molar-refractivity contribution in [2.24, 2.45) is 0 Å². The van der Waals surface area contributed by atoms with Gasteiger partial charge in [-0.05, 0) is 33.1 Å². The standard InChI is InChI=1S/C21H42O3/c1-4-16-20(22)17-14-12-10-8-6-5-7-9-11-13-15-18-21(23)24-19(2)3/h19-20,22H,4-18H2,1-3H3. The number of aliphatic hydroxyl groups excluding tert-OH is 1. The molecule has 0 aliphatic carbocycles. The summed E-state index contributed by atoms with van der Waals surface area (Å²) in [5.41, 5.74) is 0. The highest BCUT2D eigenvalue weighted by atomic mass is 16.5. The number of hydrogen-bond acceptors (Lipinski definition) is 3. The van der Waals surface area contributed by atoms with Crippen molar-refractivity contribution in [3.8, 4) is 0 Å². The smallest absolute Gasteiger partial charge is 0.306 e. The van der Waals surface area contributed by atoms with Gasteiger partial charge in [0.25, 0.3) is 0 Å². The van der Waals surface area contributed by atoms with Gasteiger partial charge in [-0.3, -0.25) is 4.79 Å². The minimum atomic E-state index is -0.0674. The molecule has 3 heteroatoms. The van der Waals surface area contributed by atoms with Crippen LogP contribution in [0, 0.1) is 0 Å². The van der Waals surface area contributed by atoms with Crippen molar-refractivity contribution in [2.75, 3.05) is 0 Å². The van der Waals surface area contributed by atoms with Crippen LogP contribution in [0.3, 0.4) is 0 Å². The van der Waals surface area contributed by atoms with Crippen LogP contribution in [0.25, 0.3) is 0 Å². The van der Waals surface area contributed by atoms with Crippen molar-refractivity contribution >= 4 is 5.97 Å². The Morgan fingerprint density at radius 2 is 1.25 bits per heavy atom.